The number of halogens is 1. The van der Waals surface area contributed by atoms with E-state index in [2.05, 4.69) is 13.8 Å². The van der Waals surface area contributed by atoms with Gasteiger partial charge in [0.2, 0.25) is 0 Å². The summed E-state index contributed by atoms with van der Waals surface area (Å²) in [5, 5.41) is 0.607. The molecule has 0 aliphatic carbocycles. The third-order valence-electron chi connectivity index (χ3n) is 1.73. The minimum Gasteiger partial charge on any atom is -0.207 e. The van der Waals surface area contributed by atoms with Crippen LogP contribution in [0.15, 0.2) is 29.2 Å². The summed E-state index contributed by atoms with van der Waals surface area (Å²) in [6, 6.07) is 6.66. The molecule has 1 atom stereocenters. The van der Waals surface area contributed by atoms with Crippen molar-refractivity contribution in [3.05, 3.63) is 30.1 Å². The van der Waals surface area contributed by atoms with E-state index >= 15 is 0 Å². The van der Waals surface area contributed by atoms with Gasteiger partial charge in [0.1, 0.15) is 5.82 Å². The van der Waals surface area contributed by atoms with Gasteiger partial charge in [-0.25, -0.2) is 4.39 Å². The summed E-state index contributed by atoms with van der Waals surface area (Å²) < 4.78 is 12.5. The first-order valence-electron chi connectivity index (χ1n) is 4.14. The highest BCUT2D eigenvalue weighted by atomic mass is 32.2. The van der Waals surface area contributed by atoms with Crippen molar-refractivity contribution in [2.75, 3.05) is 0 Å². The average molecular weight is 184 g/mol. The topological polar surface area (TPSA) is 0 Å². The molecule has 0 saturated heterocycles. The highest BCUT2D eigenvalue weighted by Gasteiger charge is 2.00. The van der Waals surface area contributed by atoms with Gasteiger partial charge < -0.3 is 0 Å². The summed E-state index contributed by atoms with van der Waals surface area (Å²) in [6.07, 6.45) is 1.14. The molecule has 0 fully saturated rings. The Morgan fingerprint density at radius 2 is 1.92 bits per heavy atom. The molecule has 1 aromatic rings. The van der Waals surface area contributed by atoms with E-state index in [1.807, 2.05) is 12.1 Å². The van der Waals surface area contributed by atoms with Gasteiger partial charge in [-0.3, -0.25) is 0 Å². The highest BCUT2D eigenvalue weighted by molar-refractivity contribution is 7.99. The van der Waals surface area contributed by atoms with Crippen LogP contribution in [0.5, 0.6) is 0 Å². The smallest absolute Gasteiger partial charge is 0.123 e. The molecule has 0 heterocycles. The van der Waals surface area contributed by atoms with E-state index < -0.39 is 0 Å². The fourth-order valence-corrected chi connectivity index (χ4v) is 1.75. The van der Waals surface area contributed by atoms with Crippen LogP contribution in [0.4, 0.5) is 4.39 Å². The summed E-state index contributed by atoms with van der Waals surface area (Å²) in [5.41, 5.74) is 0. The van der Waals surface area contributed by atoms with Crippen LogP contribution in [-0.4, -0.2) is 5.25 Å². The molecule has 0 bridgehead atoms. The summed E-state index contributed by atoms with van der Waals surface area (Å²) in [7, 11) is 0. The molecule has 0 N–H and O–H groups in total. The number of hydrogen-bond donors (Lipinski definition) is 0. The second-order valence-corrected chi connectivity index (χ2v) is 4.30. The lowest BCUT2D eigenvalue weighted by Crippen LogP contribution is -1.91. The second kappa shape index (κ2) is 4.51. The van der Waals surface area contributed by atoms with Crippen molar-refractivity contribution in [3.63, 3.8) is 0 Å². The van der Waals surface area contributed by atoms with Crippen molar-refractivity contribution < 1.29 is 4.39 Å². The molecule has 66 valence electrons. The molecule has 0 nitrogen and oxygen atoms in total. The first-order valence-corrected chi connectivity index (χ1v) is 5.02. The predicted molar refractivity (Wildman–Crippen MR) is 52.0 cm³/mol. The van der Waals surface area contributed by atoms with Crippen molar-refractivity contribution in [1.29, 1.82) is 0 Å². The van der Waals surface area contributed by atoms with Gasteiger partial charge in [0.15, 0.2) is 0 Å². The van der Waals surface area contributed by atoms with Crippen LogP contribution in [-0.2, 0) is 0 Å². The lowest BCUT2D eigenvalue weighted by molar-refractivity contribution is 0.626. The van der Waals surface area contributed by atoms with Crippen LogP contribution < -0.4 is 0 Å². The minimum absolute atomic E-state index is 0.163. The average Bonchev–Trinajstić information content (AvgIpc) is 2.09. The fraction of sp³-hybridized carbons (Fsp3) is 0.400. The Balaban J connectivity index is 2.58. The normalized spacial score (nSPS) is 12.9. The van der Waals surface area contributed by atoms with Gasteiger partial charge in [0, 0.05) is 10.1 Å². The van der Waals surface area contributed by atoms with Crippen molar-refractivity contribution in [2.45, 2.75) is 30.4 Å². The number of benzene rings is 1. The lowest BCUT2D eigenvalue weighted by Gasteiger charge is -2.06. The van der Waals surface area contributed by atoms with Crippen LogP contribution in [0.3, 0.4) is 0 Å². The number of hydrogen-bond acceptors (Lipinski definition) is 1. The zero-order chi connectivity index (χ0) is 8.97. The molecule has 0 amide bonds. The molecule has 12 heavy (non-hydrogen) atoms. The van der Waals surface area contributed by atoms with E-state index in [0.717, 1.165) is 11.3 Å². The summed E-state index contributed by atoms with van der Waals surface area (Å²) in [5.74, 6) is -0.163. The van der Waals surface area contributed by atoms with Crippen molar-refractivity contribution in [3.8, 4) is 0 Å². The van der Waals surface area contributed by atoms with Gasteiger partial charge in [0.25, 0.3) is 0 Å². The number of rotatable bonds is 3. The molecule has 0 spiro atoms. The van der Waals surface area contributed by atoms with Gasteiger partial charge in [-0.1, -0.05) is 13.8 Å². The van der Waals surface area contributed by atoms with E-state index in [1.165, 1.54) is 12.1 Å². The predicted octanol–water partition coefficient (Wildman–Crippen LogP) is 3.72. The fourth-order valence-electron chi connectivity index (χ4n) is 0.829. The van der Waals surface area contributed by atoms with E-state index in [9.17, 15) is 4.39 Å². The van der Waals surface area contributed by atoms with Gasteiger partial charge in [0.05, 0.1) is 0 Å². The van der Waals surface area contributed by atoms with Crippen LogP contribution in [0.25, 0.3) is 0 Å². The zero-order valence-corrected chi connectivity index (χ0v) is 8.20. The Labute approximate surface area is 77.2 Å². The van der Waals surface area contributed by atoms with Gasteiger partial charge in [-0.2, -0.15) is 0 Å². The first kappa shape index (κ1) is 9.59. The minimum atomic E-state index is -0.163. The highest BCUT2D eigenvalue weighted by Crippen LogP contribution is 2.24. The Kier molecular flexibility index (Phi) is 3.60. The maximum atomic E-state index is 12.5. The monoisotopic (exact) mass is 184 g/mol. The molecule has 1 rings (SSSR count). The molecule has 0 aliphatic heterocycles. The molecule has 0 saturated carbocycles. The summed E-state index contributed by atoms with van der Waals surface area (Å²) >= 11 is 1.79. The maximum absolute atomic E-state index is 12.5. The van der Waals surface area contributed by atoms with E-state index in [-0.39, 0.29) is 5.82 Å². The quantitative estimate of drug-likeness (QED) is 0.645. The standard InChI is InChI=1S/C10H13FS/c1-3-8(2)12-10-6-4-9(11)5-7-10/h4-8H,3H2,1-2H3. The maximum Gasteiger partial charge on any atom is 0.123 e. The Bertz CT molecular complexity index is 230. The Morgan fingerprint density at radius 3 is 2.42 bits per heavy atom. The van der Waals surface area contributed by atoms with Crippen LogP contribution >= 0.6 is 11.8 Å². The molecule has 2 heteroatoms. The van der Waals surface area contributed by atoms with Crippen molar-refractivity contribution >= 4 is 11.8 Å². The van der Waals surface area contributed by atoms with Crippen LogP contribution in [0.1, 0.15) is 20.3 Å². The molecule has 1 unspecified atom stereocenters. The van der Waals surface area contributed by atoms with E-state index in [4.69, 9.17) is 0 Å². The van der Waals surface area contributed by atoms with Crippen molar-refractivity contribution in [1.82, 2.24) is 0 Å². The Morgan fingerprint density at radius 1 is 1.33 bits per heavy atom. The van der Waals surface area contributed by atoms with E-state index in [1.54, 1.807) is 11.8 Å². The van der Waals surface area contributed by atoms with Gasteiger partial charge in [-0.05, 0) is 30.7 Å². The number of thioether (sulfide) groups is 1. The summed E-state index contributed by atoms with van der Waals surface area (Å²) in [4.78, 5) is 1.14. The second-order valence-electron chi connectivity index (χ2n) is 2.79. The SMILES string of the molecule is CCC(C)Sc1ccc(F)cc1. The zero-order valence-electron chi connectivity index (χ0n) is 7.38. The molecule has 0 radical (unpaired) electrons. The van der Waals surface area contributed by atoms with Gasteiger partial charge >= 0.3 is 0 Å². The van der Waals surface area contributed by atoms with Crippen molar-refractivity contribution in [2.24, 2.45) is 0 Å². The van der Waals surface area contributed by atoms with Gasteiger partial charge in [-0.15, -0.1) is 11.8 Å². The third kappa shape index (κ3) is 2.86. The van der Waals surface area contributed by atoms with E-state index in [0.29, 0.717) is 5.25 Å². The molecule has 1 aromatic carbocycles. The third-order valence-corrected chi connectivity index (χ3v) is 3.01. The molecular weight excluding hydrogens is 171 g/mol. The Hall–Kier alpha value is -0.500. The lowest BCUT2D eigenvalue weighted by atomic mass is 10.3. The first-order chi connectivity index (χ1) is 5.72. The summed E-state index contributed by atoms with van der Waals surface area (Å²) in [6.45, 7) is 4.33. The molecular formula is C10H13FS. The molecule has 0 aromatic heterocycles. The van der Waals surface area contributed by atoms with Crippen LogP contribution in [0, 0.1) is 5.82 Å². The molecule has 0 aliphatic rings. The largest absolute Gasteiger partial charge is 0.207 e. The van der Waals surface area contributed by atoms with Crippen LogP contribution in [0.2, 0.25) is 0 Å².